The lowest BCUT2D eigenvalue weighted by molar-refractivity contribution is -0.146. The first kappa shape index (κ1) is 28.6. The van der Waals surface area contributed by atoms with E-state index in [0.717, 1.165) is 27.8 Å². The molecule has 6 nitrogen and oxygen atoms in total. The molecule has 3 atom stereocenters. The number of likely N-dealkylation sites (tertiary alicyclic amines) is 1. The molecule has 42 heavy (non-hydrogen) atoms. The molecular weight excluding hydrogens is 573 g/mol. The summed E-state index contributed by atoms with van der Waals surface area (Å²) >= 11 is 14.9. The number of halogens is 2. The monoisotopic (exact) mass is 603 g/mol. The van der Waals surface area contributed by atoms with Gasteiger partial charge in [-0.05, 0) is 48.9 Å². The largest absolute Gasteiger partial charge is 0.454 e. The van der Waals surface area contributed by atoms with E-state index in [4.69, 9.17) is 27.9 Å². The summed E-state index contributed by atoms with van der Waals surface area (Å²) in [4.78, 5) is 51.6. The number of hydrogen-bond acceptors (Lipinski definition) is 5. The Kier molecular flexibility index (Phi) is 7.27. The lowest BCUT2D eigenvalue weighted by atomic mass is 9.54. The van der Waals surface area contributed by atoms with E-state index in [1.54, 1.807) is 19.1 Å². The quantitative estimate of drug-likeness (QED) is 0.0947. The average molecular weight is 605 g/mol. The summed E-state index contributed by atoms with van der Waals surface area (Å²) in [6.07, 6.45) is 0.882. The Hall–Kier alpha value is -3.48. The molecule has 0 unspecified atom stereocenters. The fraction of sp³-hybridized carbons (Fsp3) is 0.353. The van der Waals surface area contributed by atoms with Gasteiger partial charge in [0.05, 0.1) is 11.8 Å². The second kappa shape index (κ2) is 10.7. The van der Waals surface area contributed by atoms with Crippen molar-refractivity contribution in [2.24, 2.45) is 11.8 Å². The summed E-state index contributed by atoms with van der Waals surface area (Å²) in [5, 5.41) is 0. The Bertz CT molecular complexity index is 1480. The molecule has 4 aliphatic rings. The van der Waals surface area contributed by atoms with Crippen molar-refractivity contribution in [3.63, 3.8) is 0 Å². The van der Waals surface area contributed by atoms with Crippen LogP contribution in [0.1, 0.15) is 70.8 Å². The number of esters is 1. The third kappa shape index (κ3) is 4.22. The minimum absolute atomic E-state index is 0.138. The highest BCUT2D eigenvalue weighted by molar-refractivity contribution is 6.36. The topological polar surface area (TPSA) is 80.8 Å². The van der Waals surface area contributed by atoms with Crippen LogP contribution in [0.5, 0.6) is 0 Å². The third-order valence-corrected chi connectivity index (χ3v) is 10.2. The van der Waals surface area contributed by atoms with Crippen LogP contribution in [0.4, 0.5) is 0 Å². The SMILES string of the molecule is Cc1ccc(C(=O)[C@H](C)OC(=O)CCCCCN2C(=O)[C@H]3[C@H](C2=O)C2(Cl)c4ccccc4C3(Cl)c3ccccc32)cc1. The van der Waals surface area contributed by atoms with Crippen LogP contribution in [0.25, 0.3) is 0 Å². The van der Waals surface area contributed by atoms with Crippen LogP contribution in [0.3, 0.4) is 0 Å². The maximum absolute atomic E-state index is 13.9. The molecule has 1 aliphatic heterocycles. The number of carbonyl (C=O) groups excluding carboxylic acids is 4. The first-order valence-electron chi connectivity index (χ1n) is 14.3. The van der Waals surface area contributed by atoms with Gasteiger partial charge in [0, 0.05) is 18.5 Å². The molecule has 3 aliphatic carbocycles. The van der Waals surface area contributed by atoms with Crippen molar-refractivity contribution >= 4 is 46.8 Å². The van der Waals surface area contributed by atoms with Crippen molar-refractivity contribution in [3.05, 3.63) is 106 Å². The molecule has 0 N–H and O–H groups in total. The van der Waals surface area contributed by atoms with Gasteiger partial charge in [-0.1, -0.05) is 84.8 Å². The summed E-state index contributed by atoms with van der Waals surface area (Å²) in [5.74, 6) is -2.94. The summed E-state index contributed by atoms with van der Waals surface area (Å²) in [6, 6.07) is 22.3. The van der Waals surface area contributed by atoms with Crippen molar-refractivity contribution in [2.75, 3.05) is 6.54 Å². The number of hydrogen-bond donors (Lipinski definition) is 0. The Labute approximate surface area is 254 Å². The number of imide groups is 1. The molecular formula is C34H31Cl2NO5. The van der Waals surface area contributed by atoms with E-state index in [9.17, 15) is 19.2 Å². The summed E-state index contributed by atoms with van der Waals surface area (Å²) < 4.78 is 5.35. The number of ether oxygens (including phenoxy) is 1. The smallest absolute Gasteiger partial charge is 0.306 e. The molecule has 2 amide bonds. The highest BCUT2D eigenvalue weighted by Crippen LogP contribution is 2.69. The number of nitrogens with zero attached hydrogens (tertiary/aromatic N) is 1. The highest BCUT2D eigenvalue weighted by atomic mass is 35.5. The van der Waals surface area contributed by atoms with Gasteiger partial charge in [0.2, 0.25) is 17.6 Å². The molecule has 216 valence electrons. The molecule has 1 saturated heterocycles. The van der Waals surface area contributed by atoms with Gasteiger partial charge in [-0.15, -0.1) is 23.2 Å². The molecule has 7 rings (SSSR count). The van der Waals surface area contributed by atoms with Crippen LogP contribution in [0.2, 0.25) is 0 Å². The number of Topliss-reactive ketones (excluding diaryl/α,β-unsaturated/α-hetero) is 1. The standard InChI is InChI=1S/C34H31Cl2NO5/c1-20-15-17-22(18-16-20)30(39)21(2)42-27(38)14-4-3-9-19-37-31(40)28-29(32(37)41)34(36)24-11-6-5-10-23(24)33(28,35)25-12-7-8-13-26(25)34/h5-8,10-13,15-18,21,28-29H,3-4,9,14,19H2,1-2H3/t21-,28+,29+,33?,34?/m0/s1. The highest BCUT2D eigenvalue weighted by Gasteiger charge is 2.72. The number of unbranched alkanes of at least 4 members (excludes halogenated alkanes) is 2. The second-order valence-electron chi connectivity index (χ2n) is 11.5. The fourth-order valence-corrected chi connectivity index (χ4v) is 8.02. The van der Waals surface area contributed by atoms with Gasteiger partial charge in [-0.25, -0.2) is 0 Å². The maximum Gasteiger partial charge on any atom is 0.306 e. The van der Waals surface area contributed by atoms with Crippen LogP contribution in [-0.4, -0.2) is 41.1 Å². The zero-order valence-electron chi connectivity index (χ0n) is 23.4. The van der Waals surface area contributed by atoms with Crippen LogP contribution >= 0.6 is 23.2 Å². The van der Waals surface area contributed by atoms with Gasteiger partial charge < -0.3 is 4.74 Å². The molecule has 3 aromatic rings. The minimum Gasteiger partial charge on any atom is -0.454 e. The Morgan fingerprint density at radius 1 is 0.786 bits per heavy atom. The van der Waals surface area contributed by atoms with E-state index >= 15 is 0 Å². The van der Waals surface area contributed by atoms with E-state index in [0.29, 0.717) is 24.8 Å². The number of rotatable bonds is 9. The lowest BCUT2D eigenvalue weighted by Gasteiger charge is -2.54. The summed E-state index contributed by atoms with van der Waals surface area (Å²) in [7, 11) is 0. The van der Waals surface area contributed by atoms with Crippen molar-refractivity contribution < 1.29 is 23.9 Å². The van der Waals surface area contributed by atoms with Crippen molar-refractivity contribution in [1.82, 2.24) is 4.90 Å². The van der Waals surface area contributed by atoms with Gasteiger partial charge in [0.25, 0.3) is 0 Å². The number of ketones is 1. The number of amides is 2. The fourth-order valence-electron chi connectivity index (χ4n) is 6.92. The summed E-state index contributed by atoms with van der Waals surface area (Å²) in [6.45, 7) is 3.72. The van der Waals surface area contributed by atoms with E-state index < -0.39 is 33.7 Å². The van der Waals surface area contributed by atoms with Crippen LogP contribution in [-0.2, 0) is 28.9 Å². The first-order chi connectivity index (χ1) is 20.1. The van der Waals surface area contributed by atoms with Gasteiger partial charge in [0.15, 0.2) is 6.10 Å². The number of alkyl halides is 2. The normalized spacial score (nSPS) is 26.0. The van der Waals surface area contributed by atoms with Gasteiger partial charge in [-0.2, -0.15) is 0 Å². The van der Waals surface area contributed by atoms with Crippen molar-refractivity contribution in [1.29, 1.82) is 0 Å². The van der Waals surface area contributed by atoms with Gasteiger partial charge in [0.1, 0.15) is 9.75 Å². The van der Waals surface area contributed by atoms with Crippen LogP contribution < -0.4 is 0 Å². The molecule has 2 bridgehead atoms. The molecule has 0 spiro atoms. The zero-order valence-corrected chi connectivity index (χ0v) is 25.0. The molecule has 1 fully saturated rings. The van der Waals surface area contributed by atoms with E-state index in [1.807, 2.05) is 67.6 Å². The van der Waals surface area contributed by atoms with E-state index in [2.05, 4.69) is 0 Å². The summed E-state index contributed by atoms with van der Waals surface area (Å²) in [5.41, 5.74) is 4.64. The molecule has 0 radical (unpaired) electrons. The lowest BCUT2D eigenvalue weighted by Crippen LogP contribution is -2.57. The molecule has 3 aromatic carbocycles. The molecule has 1 heterocycles. The average Bonchev–Trinajstić information content (AvgIpc) is 3.25. The predicted molar refractivity (Wildman–Crippen MR) is 159 cm³/mol. The number of benzene rings is 3. The molecule has 0 aromatic heterocycles. The maximum atomic E-state index is 13.9. The molecule has 8 heteroatoms. The number of aryl methyl sites for hydroxylation is 1. The first-order valence-corrected chi connectivity index (χ1v) is 15.1. The molecule has 0 saturated carbocycles. The van der Waals surface area contributed by atoms with E-state index in [1.165, 1.54) is 4.90 Å². The Balaban J connectivity index is 1.09. The Morgan fingerprint density at radius 2 is 1.26 bits per heavy atom. The van der Waals surface area contributed by atoms with Crippen LogP contribution in [0, 0.1) is 18.8 Å². The van der Waals surface area contributed by atoms with E-state index in [-0.39, 0.29) is 30.6 Å². The van der Waals surface area contributed by atoms with Crippen molar-refractivity contribution in [3.8, 4) is 0 Å². The van der Waals surface area contributed by atoms with Crippen LogP contribution in [0.15, 0.2) is 72.8 Å². The van der Waals surface area contributed by atoms with Crippen molar-refractivity contribution in [2.45, 2.75) is 55.4 Å². The Morgan fingerprint density at radius 3 is 1.74 bits per heavy atom. The second-order valence-corrected chi connectivity index (χ2v) is 12.7. The predicted octanol–water partition coefficient (Wildman–Crippen LogP) is 6.26. The van der Waals surface area contributed by atoms with Gasteiger partial charge >= 0.3 is 5.97 Å². The zero-order chi connectivity index (χ0) is 29.8. The van der Waals surface area contributed by atoms with Gasteiger partial charge in [-0.3, -0.25) is 24.1 Å². The minimum atomic E-state index is -1.19. The third-order valence-electron chi connectivity index (χ3n) is 8.95. The number of carbonyl (C=O) groups is 4.